The number of rotatable bonds is 1. The first-order valence-electron chi connectivity index (χ1n) is 8.16. The van der Waals surface area contributed by atoms with E-state index in [1.54, 1.807) is 0 Å². The summed E-state index contributed by atoms with van der Waals surface area (Å²) in [5, 5.41) is 0. The summed E-state index contributed by atoms with van der Waals surface area (Å²) in [6.07, 6.45) is 7.11. The lowest BCUT2D eigenvalue weighted by atomic mass is 9.69. The van der Waals surface area contributed by atoms with E-state index in [2.05, 4.69) is 32.6 Å². The Morgan fingerprint density at radius 2 is 1.47 bits per heavy atom. The summed E-state index contributed by atoms with van der Waals surface area (Å²) in [6, 6.07) is 0. The summed E-state index contributed by atoms with van der Waals surface area (Å²) in [7, 11) is 0. The highest BCUT2D eigenvalue weighted by Crippen LogP contribution is 2.40. The maximum Gasteiger partial charge on any atom is 0.225 e. The van der Waals surface area contributed by atoms with Crippen LogP contribution >= 0.6 is 0 Å². The first-order valence-corrected chi connectivity index (χ1v) is 8.16. The average molecular weight is 265 g/mol. The number of hydrogen-bond donors (Lipinski definition) is 0. The lowest BCUT2D eigenvalue weighted by Gasteiger charge is -2.39. The SMILES string of the molecule is CC1CCN(C(=O)C2CCC(C(C)(C)C)CC2)CC1. The van der Waals surface area contributed by atoms with E-state index in [1.807, 2.05) is 0 Å². The van der Waals surface area contributed by atoms with Crippen LogP contribution in [0.2, 0.25) is 0 Å². The molecular weight excluding hydrogens is 234 g/mol. The van der Waals surface area contributed by atoms with Crippen LogP contribution in [0.3, 0.4) is 0 Å². The molecule has 19 heavy (non-hydrogen) atoms. The molecule has 1 amide bonds. The van der Waals surface area contributed by atoms with Crippen LogP contribution in [-0.2, 0) is 4.79 Å². The van der Waals surface area contributed by atoms with Crippen LogP contribution in [-0.4, -0.2) is 23.9 Å². The molecule has 110 valence electrons. The monoisotopic (exact) mass is 265 g/mol. The molecule has 1 heterocycles. The maximum absolute atomic E-state index is 12.5. The number of nitrogens with zero attached hydrogens (tertiary/aromatic N) is 1. The average Bonchev–Trinajstić information content (AvgIpc) is 2.38. The standard InChI is InChI=1S/C17H31NO/c1-13-9-11-18(12-10-13)16(19)14-5-7-15(8-6-14)17(2,3)4/h13-15H,5-12H2,1-4H3. The highest BCUT2D eigenvalue weighted by Gasteiger charge is 2.34. The Morgan fingerprint density at radius 1 is 0.947 bits per heavy atom. The second-order valence-corrected chi connectivity index (χ2v) is 7.92. The Balaban J connectivity index is 1.82. The minimum atomic E-state index is 0.326. The van der Waals surface area contributed by atoms with E-state index in [-0.39, 0.29) is 0 Å². The molecule has 1 saturated carbocycles. The molecule has 2 rings (SSSR count). The molecule has 0 aromatic carbocycles. The highest BCUT2D eigenvalue weighted by molar-refractivity contribution is 5.79. The van der Waals surface area contributed by atoms with Gasteiger partial charge >= 0.3 is 0 Å². The molecule has 0 aromatic rings. The largest absolute Gasteiger partial charge is 0.342 e. The van der Waals surface area contributed by atoms with E-state index in [0.717, 1.165) is 37.8 Å². The molecule has 1 saturated heterocycles. The minimum Gasteiger partial charge on any atom is -0.342 e. The van der Waals surface area contributed by atoms with Gasteiger partial charge in [0.25, 0.3) is 0 Å². The van der Waals surface area contributed by atoms with Gasteiger partial charge in [0.15, 0.2) is 0 Å². The van der Waals surface area contributed by atoms with Crippen LogP contribution in [0.5, 0.6) is 0 Å². The summed E-state index contributed by atoms with van der Waals surface area (Å²) in [5.74, 6) is 2.39. The fourth-order valence-electron chi connectivity index (χ4n) is 3.69. The predicted molar refractivity (Wildman–Crippen MR) is 79.9 cm³/mol. The van der Waals surface area contributed by atoms with Gasteiger partial charge in [-0.3, -0.25) is 4.79 Å². The van der Waals surface area contributed by atoms with Gasteiger partial charge < -0.3 is 4.90 Å². The zero-order valence-electron chi connectivity index (χ0n) is 13.2. The first-order chi connectivity index (χ1) is 8.88. The van der Waals surface area contributed by atoms with Crippen LogP contribution in [0.25, 0.3) is 0 Å². The van der Waals surface area contributed by atoms with Gasteiger partial charge in [-0.1, -0.05) is 27.7 Å². The number of hydrogen-bond acceptors (Lipinski definition) is 1. The summed E-state index contributed by atoms with van der Waals surface area (Å²) >= 11 is 0. The van der Waals surface area contributed by atoms with Crippen LogP contribution in [0, 0.1) is 23.2 Å². The highest BCUT2D eigenvalue weighted by atomic mass is 16.2. The Bertz CT molecular complexity index is 302. The normalized spacial score (nSPS) is 30.4. The van der Waals surface area contributed by atoms with Gasteiger partial charge in [-0.25, -0.2) is 0 Å². The zero-order chi connectivity index (χ0) is 14.0. The maximum atomic E-state index is 12.5. The smallest absolute Gasteiger partial charge is 0.225 e. The van der Waals surface area contributed by atoms with Crippen LogP contribution in [0.4, 0.5) is 0 Å². The van der Waals surface area contributed by atoms with Crippen molar-refractivity contribution in [3.8, 4) is 0 Å². The summed E-state index contributed by atoms with van der Waals surface area (Å²) in [5.41, 5.74) is 0.411. The third-order valence-electron chi connectivity index (χ3n) is 5.40. The van der Waals surface area contributed by atoms with E-state index in [1.165, 1.54) is 25.7 Å². The predicted octanol–water partition coefficient (Wildman–Crippen LogP) is 4.10. The van der Waals surface area contributed by atoms with Crippen molar-refractivity contribution in [1.82, 2.24) is 4.90 Å². The Kier molecular flexibility index (Phi) is 4.58. The van der Waals surface area contributed by atoms with Gasteiger partial charge in [-0.15, -0.1) is 0 Å². The molecule has 0 radical (unpaired) electrons. The number of likely N-dealkylation sites (tertiary alicyclic amines) is 1. The molecule has 2 aliphatic rings. The van der Waals surface area contributed by atoms with Crippen molar-refractivity contribution in [3.05, 3.63) is 0 Å². The van der Waals surface area contributed by atoms with Gasteiger partial charge in [-0.2, -0.15) is 0 Å². The minimum absolute atomic E-state index is 0.326. The number of carbonyl (C=O) groups excluding carboxylic acids is 1. The van der Waals surface area contributed by atoms with Gasteiger partial charge in [0, 0.05) is 19.0 Å². The van der Waals surface area contributed by atoms with Crippen molar-refractivity contribution in [2.24, 2.45) is 23.2 Å². The van der Waals surface area contributed by atoms with Crippen molar-refractivity contribution in [2.75, 3.05) is 13.1 Å². The van der Waals surface area contributed by atoms with Crippen LogP contribution in [0.15, 0.2) is 0 Å². The van der Waals surface area contributed by atoms with Gasteiger partial charge in [0.05, 0.1) is 0 Å². The molecule has 0 atom stereocenters. The summed E-state index contributed by atoms with van der Waals surface area (Å²) in [6.45, 7) is 11.3. The van der Waals surface area contributed by atoms with E-state index in [0.29, 0.717) is 17.2 Å². The third kappa shape index (κ3) is 3.73. The third-order valence-corrected chi connectivity index (χ3v) is 5.40. The van der Waals surface area contributed by atoms with Gasteiger partial charge in [0.2, 0.25) is 5.91 Å². The van der Waals surface area contributed by atoms with Crippen LogP contribution in [0.1, 0.15) is 66.2 Å². The van der Waals surface area contributed by atoms with Gasteiger partial charge in [0.1, 0.15) is 0 Å². The summed E-state index contributed by atoms with van der Waals surface area (Å²) in [4.78, 5) is 14.7. The molecule has 0 spiro atoms. The Morgan fingerprint density at radius 3 is 1.95 bits per heavy atom. The molecule has 2 nitrogen and oxygen atoms in total. The number of carbonyl (C=O) groups is 1. The van der Waals surface area contributed by atoms with Crippen molar-refractivity contribution < 1.29 is 4.79 Å². The van der Waals surface area contributed by atoms with Gasteiger partial charge in [-0.05, 0) is 55.8 Å². The van der Waals surface area contributed by atoms with E-state index < -0.39 is 0 Å². The van der Waals surface area contributed by atoms with Crippen molar-refractivity contribution in [3.63, 3.8) is 0 Å². The molecule has 0 N–H and O–H groups in total. The van der Waals surface area contributed by atoms with Crippen molar-refractivity contribution in [2.45, 2.75) is 66.2 Å². The molecule has 0 aromatic heterocycles. The number of amides is 1. The second kappa shape index (κ2) is 5.85. The zero-order valence-corrected chi connectivity index (χ0v) is 13.2. The molecular formula is C17H31NO. The summed E-state index contributed by atoms with van der Waals surface area (Å²) < 4.78 is 0. The van der Waals surface area contributed by atoms with Crippen molar-refractivity contribution >= 4 is 5.91 Å². The lowest BCUT2D eigenvalue weighted by molar-refractivity contribution is -0.138. The molecule has 1 aliphatic heterocycles. The fourth-order valence-corrected chi connectivity index (χ4v) is 3.69. The molecule has 2 fully saturated rings. The quantitative estimate of drug-likeness (QED) is 0.699. The second-order valence-electron chi connectivity index (χ2n) is 7.92. The molecule has 2 heteroatoms. The van der Waals surface area contributed by atoms with E-state index in [9.17, 15) is 4.79 Å². The topological polar surface area (TPSA) is 20.3 Å². The number of piperidine rings is 1. The molecule has 0 unspecified atom stereocenters. The van der Waals surface area contributed by atoms with Crippen molar-refractivity contribution in [1.29, 1.82) is 0 Å². The first kappa shape index (κ1) is 14.9. The van der Waals surface area contributed by atoms with Crippen LogP contribution < -0.4 is 0 Å². The van der Waals surface area contributed by atoms with E-state index in [4.69, 9.17) is 0 Å². The Hall–Kier alpha value is -0.530. The molecule has 0 bridgehead atoms. The fraction of sp³-hybridized carbons (Fsp3) is 0.941. The molecule has 1 aliphatic carbocycles. The van der Waals surface area contributed by atoms with E-state index >= 15 is 0 Å². The lowest BCUT2D eigenvalue weighted by Crippen LogP contribution is -2.42. The Labute approximate surface area is 118 Å².